The Bertz CT molecular complexity index is 401. The van der Waals surface area contributed by atoms with E-state index in [0.29, 0.717) is 11.1 Å². The van der Waals surface area contributed by atoms with Gasteiger partial charge in [0, 0.05) is 6.42 Å². The highest BCUT2D eigenvalue weighted by atomic mass is 19.3. The molecular weight excluding hydrogens is 202 g/mol. The maximum absolute atomic E-state index is 12.8. The first-order chi connectivity index (χ1) is 7.04. The molecule has 0 bridgehead atoms. The number of hydrogen-bond acceptors (Lipinski definition) is 2. The molecule has 0 aromatic heterocycles. The summed E-state index contributed by atoms with van der Waals surface area (Å²) in [5.41, 5.74) is 0.820. The van der Waals surface area contributed by atoms with Crippen molar-refractivity contribution < 1.29 is 18.3 Å². The molecule has 1 unspecified atom stereocenters. The number of halogens is 2. The monoisotopic (exact) mass is 212 g/mol. The highest BCUT2D eigenvalue weighted by molar-refractivity contribution is 5.89. The molecule has 1 aliphatic carbocycles. The number of carbonyl (C=O) groups excluding carboxylic acids is 1. The second-order valence-corrected chi connectivity index (χ2v) is 3.63. The van der Waals surface area contributed by atoms with Gasteiger partial charge >= 0.3 is 5.97 Å². The van der Waals surface area contributed by atoms with E-state index >= 15 is 0 Å². The molecule has 2 rings (SSSR count). The van der Waals surface area contributed by atoms with Crippen LogP contribution in [0.5, 0.6) is 0 Å². The molecule has 0 radical (unpaired) electrons. The summed E-state index contributed by atoms with van der Waals surface area (Å²) >= 11 is 0. The van der Waals surface area contributed by atoms with Crippen LogP contribution in [0.4, 0.5) is 8.78 Å². The predicted molar refractivity (Wildman–Crippen MR) is 50.1 cm³/mol. The number of esters is 1. The number of carbonyl (C=O) groups is 1. The van der Waals surface area contributed by atoms with E-state index in [1.54, 1.807) is 18.2 Å². The van der Waals surface area contributed by atoms with Gasteiger partial charge in [0.25, 0.3) is 5.92 Å². The summed E-state index contributed by atoms with van der Waals surface area (Å²) in [6, 6.07) is 6.22. The van der Waals surface area contributed by atoms with Crippen molar-refractivity contribution in [3.05, 3.63) is 35.4 Å². The SMILES string of the molecule is COC(=O)c1cccc(C2CC2(F)F)c1. The predicted octanol–water partition coefficient (Wildman–Crippen LogP) is 2.60. The lowest BCUT2D eigenvalue weighted by atomic mass is 10.1. The third-order valence-electron chi connectivity index (χ3n) is 2.54. The van der Waals surface area contributed by atoms with Crippen LogP contribution in [0.1, 0.15) is 28.3 Å². The summed E-state index contributed by atoms with van der Waals surface area (Å²) in [5, 5.41) is 0. The second kappa shape index (κ2) is 3.29. The van der Waals surface area contributed by atoms with Crippen LogP contribution in [0, 0.1) is 0 Å². The quantitative estimate of drug-likeness (QED) is 0.704. The van der Waals surface area contributed by atoms with Crippen LogP contribution in [-0.4, -0.2) is 19.0 Å². The van der Waals surface area contributed by atoms with E-state index < -0.39 is 17.8 Å². The lowest BCUT2D eigenvalue weighted by Gasteiger charge is -2.02. The average Bonchev–Trinajstić information content (AvgIpc) is 2.87. The molecule has 1 saturated carbocycles. The first-order valence-electron chi connectivity index (χ1n) is 4.60. The van der Waals surface area contributed by atoms with Crippen molar-refractivity contribution in [3.8, 4) is 0 Å². The number of rotatable bonds is 2. The fraction of sp³-hybridized carbons (Fsp3) is 0.364. The van der Waals surface area contributed by atoms with Crippen LogP contribution in [-0.2, 0) is 4.74 Å². The zero-order valence-electron chi connectivity index (χ0n) is 8.17. The Hall–Kier alpha value is -1.45. The van der Waals surface area contributed by atoms with Crippen molar-refractivity contribution in [2.24, 2.45) is 0 Å². The summed E-state index contributed by atoms with van der Waals surface area (Å²) in [5.74, 6) is -3.84. The van der Waals surface area contributed by atoms with Gasteiger partial charge in [0.1, 0.15) is 0 Å². The van der Waals surface area contributed by atoms with Crippen molar-refractivity contribution >= 4 is 5.97 Å². The summed E-state index contributed by atoms with van der Waals surface area (Å²) in [4.78, 5) is 11.2. The Balaban J connectivity index is 2.24. The summed E-state index contributed by atoms with van der Waals surface area (Å²) in [6.45, 7) is 0. The normalized spacial score (nSPS) is 22.2. The molecule has 15 heavy (non-hydrogen) atoms. The fourth-order valence-corrected chi connectivity index (χ4v) is 1.58. The highest BCUT2D eigenvalue weighted by Gasteiger charge is 2.57. The zero-order chi connectivity index (χ0) is 11.1. The molecule has 2 nitrogen and oxygen atoms in total. The largest absolute Gasteiger partial charge is 0.465 e. The van der Waals surface area contributed by atoms with Gasteiger partial charge in [0.2, 0.25) is 0 Å². The van der Waals surface area contributed by atoms with E-state index in [2.05, 4.69) is 4.74 Å². The molecule has 4 heteroatoms. The van der Waals surface area contributed by atoms with Crippen molar-refractivity contribution in [2.75, 3.05) is 7.11 Å². The highest BCUT2D eigenvalue weighted by Crippen LogP contribution is 2.55. The molecular formula is C11H10F2O2. The Morgan fingerprint density at radius 1 is 1.53 bits per heavy atom. The number of ether oxygens (including phenoxy) is 1. The maximum atomic E-state index is 12.8. The first kappa shape index (κ1) is 10.1. The van der Waals surface area contributed by atoms with Crippen molar-refractivity contribution in [3.63, 3.8) is 0 Å². The van der Waals surface area contributed by atoms with Gasteiger partial charge in [0.15, 0.2) is 0 Å². The van der Waals surface area contributed by atoms with Crippen LogP contribution in [0.3, 0.4) is 0 Å². The van der Waals surface area contributed by atoms with Gasteiger partial charge in [-0.15, -0.1) is 0 Å². The Morgan fingerprint density at radius 2 is 2.20 bits per heavy atom. The first-order valence-corrected chi connectivity index (χ1v) is 4.60. The Kier molecular flexibility index (Phi) is 2.21. The number of hydrogen-bond donors (Lipinski definition) is 0. The lowest BCUT2D eigenvalue weighted by Crippen LogP contribution is -2.02. The Morgan fingerprint density at radius 3 is 2.73 bits per heavy atom. The minimum Gasteiger partial charge on any atom is -0.465 e. The maximum Gasteiger partial charge on any atom is 0.337 e. The van der Waals surface area contributed by atoms with E-state index in [1.807, 2.05) is 0 Å². The standard InChI is InChI=1S/C11H10F2O2/c1-15-10(14)8-4-2-3-7(5-8)9-6-11(9,12)13/h2-5,9H,6H2,1H3. The molecule has 1 aromatic rings. The molecule has 0 spiro atoms. The third-order valence-corrected chi connectivity index (χ3v) is 2.54. The minimum absolute atomic E-state index is 0.127. The fourth-order valence-electron chi connectivity index (χ4n) is 1.58. The smallest absolute Gasteiger partial charge is 0.337 e. The van der Waals surface area contributed by atoms with E-state index in [9.17, 15) is 13.6 Å². The molecule has 0 amide bonds. The van der Waals surface area contributed by atoms with Gasteiger partial charge in [-0.25, -0.2) is 13.6 Å². The lowest BCUT2D eigenvalue weighted by molar-refractivity contribution is 0.0600. The summed E-state index contributed by atoms with van der Waals surface area (Å²) in [7, 11) is 1.26. The van der Waals surface area contributed by atoms with Gasteiger partial charge < -0.3 is 4.74 Å². The number of methoxy groups -OCH3 is 1. The van der Waals surface area contributed by atoms with Crippen molar-refractivity contribution in [1.29, 1.82) is 0 Å². The molecule has 0 heterocycles. The van der Waals surface area contributed by atoms with Gasteiger partial charge in [-0.1, -0.05) is 12.1 Å². The van der Waals surface area contributed by atoms with Gasteiger partial charge in [-0.2, -0.15) is 0 Å². The van der Waals surface area contributed by atoms with E-state index in [-0.39, 0.29) is 6.42 Å². The number of benzene rings is 1. The molecule has 0 saturated heterocycles. The van der Waals surface area contributed by atoms with E-state index in [0.717, 1.165) is 0 Å². The topological polar surface area (TPSA) is 26.3 Å². The van der Waals surface area contributed by atoms with Crippen LogP contribution in [0.25, 0.3) is 0 Å². The van der Waals surface area contributed by atoms with E-state index in [4.69, 9.17) is 0 Å². The third kappa shape index (κ3) is 1.84. The van der Waals surface area contributed by atoms with Crippen LogP contribution in [0.15, 0.2) is 24.3 Å². The summed E-state index contributed by atoms with van der Waals surface area (Å²) < 4.78 is 30.1. The molecule has 80 valence electrons. The molecule has 0 N–H and O–H groups in total. The Labute approximate surface area is 85.9 Å². The van der Waals surface area contributed by atoms with Gasteiger partial charge in [-0.05, 0) is 17.7 Å². The average molecular weight is 212 g/mol. The van der Waals surface area contributed by atoms with Crippen LogP contribution >= 0.6 is 0 Å². The van der Waals surface area contributed by atoms with Crippen LogP contribution < -0.4 is 0 Å². The molecule has 0 aliphatic heterocycles. The molecule has 1 fully saturated rings. The minimum atomic E-state index is -2.60. The van der Waals surface area contributed by atoms with Gasteiger partial charge in [-0.3, -0.25) is 0 Å². The molecule has 1 atom stereocenters. The molecule has 1 aliphatic rings. The van der Waals surface area contributed by atoms with E-state index in [1.165, 1.54) is 13.2 Å². The van der Waals surface area contributed by atoms with Crippen molar-refractivity contribution in [1.82, 2.24) is 0 Å². The second-order valence-electron chi connectivity index (χ2n) is 3.63. The molecule has 1 aromatic carbocycles. The van der Waals surface area contributed by atoms with Crippen LogP contribution in [0.2, 0.25) is 0 Å². The van der Waals surface area contributed by atoms with Crippen molar-refractivity contribution in [2.45, 2.75) is 18.3 Å². The number of alkyl halides is 2. The van der Waals surface area contributed by atoms with Gasteiger partial charge in [0.05, 0.1) is 18.6 Å². The zero-order valence-corrected chi connectivity index (χ0v) is 8.17. The summed E-state index contributed by atoms with van der Waals surface area (Å²) in [6.07, 6.45) is -0.127.